The molecule has 1 aliphatic rings. The third-order valence-electron chi connectivity index (χ3n) is 4.24. The summed E-state index contributed by atoms with van der Waals surface area (Å²) >= 11 is 0. The van der Waals surface area contributed by atoms with Crippen LogP contribution in [0.25, 0.3) is 0 Å². The second kappa shape index (κ2) is 11.5. The van der Waals surface area contributed by atoms with Crippen LogP contribution >= 0.6 is 7.82 Å². The number of hydrogen-bond acceptors (Lipinski definition) is 5. The first-order chi connectivity index (χ1) is 12.3. The van der Waals surface area contributed by atoms with E-state index >= 15 is 0 Å². The number of carbonyl (C=O) groups is 2. The number of nitrogens with zero attached hydrogens (tertiary/aromatic N) is 1. The lowest BCUT2D eigenvalue weighted by molar-refractivity contribution is -0.137. The van der Waals surface area contributed by atoms with Crippen LogP contribution in [-0.4, -0.2) is 67.4 Å². The molecule has 0 bridgehead atoms. The van der Waals surface area contributed by atoms with Crippen LogP contribution in [0.4, 0.5) is 0 Å². The van der Waals surface area contributed by atoms with E-state index in [1.807, 2.05) is 20.8 Å². The Kier molecular flexibility index (Phi) is 11.0. The molecule has 1 amide bonds. The lowest BCUT2D eigenvalue weighted by atomic mass is 9.87. The van der Waals surface area contributed by atoms with E-state index in [0.29, 0.717) is 6.54 Å². The van der Waals surface area contributed by atoms with Crippen molar-refractivity contribution in [3.05, 3.63) is 11.6 Å². The Bertz CT molecular complexity index is 565. The molecule has 0 saturated heterocycles. The van der Waals surface area contributed by atoms with E-state index in [1.165, 1.54) is 6.92 Å². The highest BCUT2D eigenvalue weighted by Gasteiger charge is 2.39. The molecule has 11 heteroatoms. The van der Waals surface area contributed by atoms with E-state index in [1.54, 1.807) is 11.0 Å². The molecule has 0 heterocycles. The monoisotopic (exact) mass is 410 g/mol. The van der Waals surface area contributed by atoms with Crippen LogP contribution in [0.3, 0.4) is 0 Å². The minimum atomic E-state index is -4.64. The summed E-state index contributed by atoms with van der Waals surface area (Å²) in [6.07, 6.45) is 3.07. The summed E-state index contributed by atoms with van der Waals surface area (Å²) in [5.41, 5.74) is 6.46. The number of hydrogen-bond donors (Lipinski definition) is 5. The average molecular weight is 410 g/mol. The molecular weight excluding hydrogens is 379 g/mol. The maximum absolute atomic E-state index is 11.9. The Morgan fingerprint density at radius 2 is 1.78 bits per heavy atom. The van der Waals surface area contributed by atoms with Crippen LogP contribution in [0, 0.1) is 0 Å². The molecule has 3 atom stereocenters. The fourth-order valence-electron chi connectivity index (χ4n) is 3.02. The molecule has 0 unspecified atom stereocenters. The van der Waals surface area contributed by atoms with E-state index in [-0.39, 0.29) is 30.0 Å². The summed E-state index contributed by atoms with van der Waals surface area (Å²) in [5.74, 6) is -1.05. The predicted molar refractivity (Wildman–Crippen MR) is 98.7 cm³/mol. The molecule has 0 aromatic heterocycles. The Morgan fingerprint density at radius 1 is 1.30 bits per heavy atom. The summed E-state index contributed by atoms with van der Waals surface area (Å²) < 4.78 is 15.0. The van der Waals surface area contributed by atoms with E-state index in [0.717, 1.165) is 12.8 Å². The van der Waals surface area contributed by atoms with Gasteiger partial charge in [0.25, 0.3) is 0 Å². The molecule has 0 aliphatic heterocycles. The molecule has 0 radical (unpaired) electrons. The molecular formula is C16H31N2O8P. The molecule has 158 valence electrons. The molecule has 0 spiro atoms. The van der Waals surface area contributed by atoms with Crippen LogP contribution in [0.2, 0.25) is 0 Å². The van der Waals surface area contributed by atoms with Gasteiger partial charge in [-0.2, -0.15) is 0 Å². The van der Waals surface area contributed by atoms with Crippen molar-refractivity contribution in [1.82, 2.24) is 4.90 Å². The third-order valence-corrected chi connectivity index (χ3v) is 4.24. The van der Waals surface area contributed by atoms with Crippen molar-refractivity contribution >= 4 is 19.7 Å². The minimum Gasteiger partial charge on any atom is -0.478 e. The van der Waals surface area contributed by atoms with Crippen LogP contribution < -0.4 is 5.73 Å². The number of carboxylic acid groups (broad SMARTS) is 1. The fourth-order valence-corrected chi connectivity index (χ4v) is 3.02. The molecule has 0 aromatic carbocycles. The zero-order valence-corrected chi connectivity index (χ0v) is 17.0. The van der Waals surface area contributed by atoms with Gasteiger partial charge < -0.3 is 35.2 Å². The lowest BCUT2D eigenvalue weighted by Gasteiger charge is -2.42. The molecule has 10 nitrogen and oxygen atoms in total. The number of carboxylic acids is 1. The normalized spacial score (nSPS) is 22.6. The van der Waals surface area contributed by atoms with E-state index in [4.69, 9.17) is 29.7 Å². The first-order valence-corrected chi connectivity index (χ1v) is 10.3. The molecule has 27 heavy (non-hydrogen) atoms. The minimum absolute atomic E-state index is 0.0229. The number of amides is 1. The summed E-state index contributed by atoms with van der Waals surface area (Å²) in [7, 11) is -4.64. The SMILES string of the molecule is CCC(CC)O[C@@H]1C=C(C(=O)O)C[C@H](N)[C@H]1N(CC)C(C)=O.O=P(O)(O)O. The number of ether oxygens (including phenoxy) is 1. The standard InChI is InChI=1S/C16H28N2O4.H3O4P/c1-5-12(6-2)22-14-9-11(16(20)21)8-13(17)15(14)18(7-3)10(4)19;1-5(2,3)4/h9,12-15H,5-8,17H2,1-4H3,(H,20,21);(H3,1,2,3,4)/t13-,14+,15+;/m0./s1. The summed E-state index contributed by atoms with van der Waals surface area (Å²) in [6.45, 7) is 7.96. The van der Waals surface area contributed by atoms with Crippen LogP contribution in [0.1, 0.15) is 47.0 Å². The topological polar surface area (TPSA) is 171 Å². The highest BCUT2D eigenvalue weighted by Crippen LogP contribution is 2.27. The maximum Gasteiger partial charge on any atom is 0.466 e. The Morgan fingerprint density at radius 3 is 2.11 bits per heavy atom. The third kappa shape index (κ3) is 9.46. The highest BCUT2D eigenvalue weighted by molar-refractivity contribution is 7.45. The average Bonchev–Trinajstić information content (AvgIpc) is 2.53. The van der Waals surface area contributed by atoms with Gasteiger partial charge in [-0.1, -0.05) is 13.8 Å². The highest BCUT2D eigenvalue weighted by atomic mass is 31.2. The molecule has 6 N–H and O–H groups in total. The molecule has 1 rings (SSSR count). The van der Waals surface area contributed by atoms with Gasteiger partial charge in [-0.25, -0.2) is 9.36 Å². The summed E-state index contributed by atoms with van der Waals surface area (Å²) in [4.78, 5) is 46.4. The van der Waals surface area contributed by atoms with Gasteiger partial charge in [0.15, 0.2) is 0 Å². The van der Waals surface area contributed by atoms with Crippen molar-refractivity contribution in [3.8, 4) is 0 Å². The van der Waals surface area contributed by atoms with Crippen LogP contribution in [-0.2, 0) is 18.9 Å². The van der Waals surface area contributed by atoms with Gasteiger partial charge >= 0.3 is 13.8 Å². The second-order valence-electron chi connectivity index (χ2n) is 6.21. The quantitative estimate of drug-likeness (QED) is 0.377. The smallest absolute Gasteiger partial charge is 0.466 e. The number of likely N-dealkylation sites (N-methyl/N-ethyl adjacent to an activating group) is 1. The van der Waals surface area contributed by atoms with Crippen LogP contribution in [0.5, 0.6) is 0 Å². The van der Waals surface area contributed by atoms with Crippen LogP contribution in [0.15, 0.2) is 11.6 Å². The Labute approximate surface area is 159 Å². The van der Waals surface area contributed by atoms with Gasteiger partial charge in [-0.15, -0.1) is 0 Å². The zero-order valence-electron chi connectivity index (χ0n) is 16.1. The largest absolute Gasteiger partial charge is 0.478 e. The molecule has 0 saturated carbocycles. The number of aliphatic carboxylic acids is 1. The Balaban J connectivity index is 0.00000119. The number of carbonyl (C=O) groups excluding carboxylic acids is 1. The van der Waals surface area contributed by atoms with Gasteiger partial charge in [0.1, 0.15) is 0 Å². The Hall–Kier alpha value is -1.29. The molecule has 1 aliphatic carbocycles. The van der Waals surface area contributed by atoms with Gasteiger partial charge in [0.2, 0.25) is 5.91 Å². The molecule has 0 fully saturated rings. The second-order valence-corrected chi connectivity index (χ2v) is 7.24. The van der Waals surface area contributed by atoms with Gasteiger partial charge in [-0.05, 0) is 32.3 Å². The van der Waals surface area contributed by atoms with Crippen molar-refractivity contribution in [2.24, 2.45) is 5.73 Å². The van der Waals surface area contributed by atoms with Gasteiger partial charge in [-0.3, -0.25) is 4.79 Å². The van der Waals surface area contributed by atoms with E-state index in [2.05, 4.69) is 0 Å². The summed E-state index contributed by atoms with van der Waals surface area (Å²) in [6, 6.07) is -0.773. The van der Waals surface area contributed by atoms with Crippen molar-refractivity contribution in [2.45, 2.75) is 71.2 Å². The first kappa shape index (κ1) is 25.7. The van der Waals surface area contributed by atoms with Crippen molar-refractivity contribution in [2.75, 3.05) is 6.54 Å². The van der Waals surface area contributed by atoms with Crippen molar-refractivity contribution in [1.29, 1.82) is 0 Å². The summed E-state index contributed by atoms with van der Waals surface area (Å²) in [5, 5.41) is 9.25. The van der Waals surface area contributed by atoms with Crippen molar-refractivity contribution in [3.63, 3.8) is 0 Å². The molecule has 0 aromatic rings. The van der Waals surface area contributed by atoms with Gasteiger partial charge in [0, 0.05) is 25.1 Å². The maximum atomic E-state index is 11.9. The number of nitrogens with two attached hydrogens (primary N) is 1. The fraction of sp³-hybridized carbons (Fsp3) is 0.750. The lowest BCUT2D eigenvalue weighted by Crippen LogP contribution is -2.58. The van der Waals surface area contributed by atoms with E-state index in [9.17, 15) is 14.7 Å². The number of phosphoric acid groups is 1. The van der Waals surface area contributed by atoms with E-state index < -0.39 is 25.9 Å². The number of rotatable bonds is 7. The zero-order chi connectivity index (χ0) is 21.4. The van der Waals surface area contributed by atoms with Gasteiger partial charge in [0.05, 0.1) is 18.2 Å². The predicted octanol–water partition coefficient (Wildman–Crippen LogP) is 0.611. The first-order valence-electron chi connectivity index (χ1n) is 8.76. The van der Waals surface area contributed by atoms with Crippen molar-refractivity contribution < 1.29 is 38.7 Å².